The van der Waals surface area contributed by atoms with Gasteiger partial charge in [0.05, 0.1) is 12.8 Å². The summed E-state index contributed by atoms with van der Waals surface area (Å²) in [5, 5.41) is 0. The van der Waals surface area contributed by atoms with Crippen molar-refractivity contribution in [3.63, 3.8) is 0 Å². The maximum atomic E-state index is 12.2. The first-order valence-corrected chi connectivity index (χ1v) is 7.39. The van der Waals surface area contributed by atoms with Gasteiger partial charge in [0.25, 0.3) is 0 Å². The molecule has 2 N–H and O–H groups in total. The number of nitrogens with zero attached hydrogens (tertiary/aromatic N) is 1. The molecule has 0 aromatic carbocycles. The van der Waals surface area contributed by atoms with Gasteiger partial charge >= 0.3 is 0 Å². The number of carbonyl (C=O) groups excluding carboxylic acids is 1. The Hall–Kier alpha value is -1.42. The molecule has 1 aromatic heterocycles. The molecule has 0 aliphatic heterocycles. The molecule has 112 valence electrons. The number of carbonyl (C=O) groups is 1. The van der Waals surface area contributed by atoms with Gasteiger partial charge < -0.3 is 10.5 Å². The van der Waals surface area contributed by atoms with Gasteiger partial charge in [-0.15, -0.1) is 0 Å². The number of ether oxygens (including phenoxy) is 1. The summed E-state index contributed by atoms with van der Waals surface area (Å²) >= 11 is 0. The van der Waals surface area contributed by atoms with Crippen LogP contribution in [0, 0.1) is 11.8 Å². The minimum atomic E-state index is 0.127. The molecule has 0 aliphatic rings. The predicted molar refractivity (Wildman–Crippen MR) is 81.0 cm³/mol. The highest BCUT2D eigenvalue weighted by molar-refractivity contribution is 5.96. The number of hydrogen-bond donors (Lipinski definition) is 1. The smallest absolute Gasteiger partial charge is 0.164 e. The van der Waals surface area contributed by atoms with Crippen molar-refractivity contribution in [1.82, 2.24) is 4.98 Å². The van der Waals surface area contributed by atoms with Gasteiger partial charge in [-0.05, 0) is 44.2 Å². The van der Waals surface area contributed by atoms with Crippen LogP contribution in [0.15, 0.2) is 18.5 Å². The van der Waals surface area contributed by atoms with E-state index in [1.54, 1.807) is 18.5 Å². The van der Waals surface area contributed by atoms with Gasteiger partial charge in [0.2, 0.25) is 0 Å². The highest BCUT2D eigenvalue weighted by atomic mass is 16.5. The molecule has 0 saturated heterocycles. The molecule has 4 nitrogen and oxygen atoms in total. The van der Waals surface area contributed by atoms with E-state index in [9.17, 15) is 4.79 Å². The minimum absolute atomic E-state index is 0.127. The number of hydrogen-bond acceptors (Lipinski definition) is 4. The van der Waals surface area contributed by atoms with Crippen LogP contribution >= 0.6 is 0 Å². The van der Waals surface area contributed by atoms with Crippen LogP contribution in [0.2, 0.25) is 0 Å². The summed E-state index contributed by atoms with van der Waals surface area (Å²) in [4.78, 5) is 16.3. The fraction of sp³-hybridized carbons (Fsp3) is 0.625. The van der Waals surface area contributed by atoms with E-state index in [0.29, 0.717) is 42.7 Å². The summed E-state index contributed by atoms with van der Waals surface area (Å²) < 4.78 is 5.37. The molecule has 1 rings (SSSR count). The first-order valence-electron chi connectivity index (χ1n) is 7.39. The number of rotatable bonds is 9. The number of pyridine rings is 1. The van der Waals surface area contributed by atoms with Crippen LogP contribution in [0.4, 0.5) is 0 Å². The molecule has 0 fully saturated rings. The van der Waals surface area contributed by atoms with E-state index in [-0.39, 0.29) is 5.78 Å². The van der Waals surface area contributed by atoms with Gasteiger partial charge in [0.15, 0.2) is 5.78 Å². The number of Topliss-reactive ketones (excluding diaryl/α,β-unsaturated/α-hetero) is 1. The van der Waals surface area contributed by atoms with E-state index in [0.717, 1.165) is 12.8 Å². The van der Waals surface area contributed by atoms with Gasteiger partial charge in [0, 0.05) is 18.2 Å². The van der Waals surface area contributed by atoms with Crippen molar-refractivity contribution in [2.24, 2.45) is 17.6 Å². The van der Waals surface area contributed by atoms with Crippen LogP contribution in [0.1, 0.15) is 50.4 Å². The molecule has 0 bridgehead atoms. The predicted octanol–water partition coefficient (Wildman–Crippen LogP) is 3.06. The Morgan fingerprint density at radius 3 is 2.70 bits per heavy atom. The van der Waals surface area contributed by atoms with Gasteiger partial charge in [-0.25, -0.2) is 0 Å². The van der Waals surface area contributed by atoms with Crippen molar-refractivity contribution < 1.29 is 9.53 Å². The largest absolute Gasteiger partial charge is 0.492 e. The highest BCUT2D eigenvalue weighted by Gasteiger charge is 2.15. The summed E-state index contributed by atoms with van der Waals surface area (Å²) in [6.07, 6.45) is 5.64. The molecular formula is C16H26N2O2. The monoisotopic (exact) mass is 278 g/mol. The molecule has 4 heteroatoms. The molecule has 1 aromatic rings. The molecule has 0 radical (unpaired) electrons. The molecule has 1 atom stereocenters. The summed E-state index contributed by atoms with van der Waals surface area (Å²) in [6, 6.07) is 1.77. The van der Waals surface area contributed by atoms with Crippen molar-refractivity contribution in [2.75, 3.05) is 13.2 Å². The van der Waals surface area contributed by atoms with Gasteiger partial charge in [-0.1, -0.05) is 13.8 Å². The van der Waals surface area contributed by atoms with Gasteiger partial charge in [-0.3, -0.25) is 9.78 Å². The summed E-state index contributed by atoms with van der Waals surface area (Å²) in [6.45, 7) is 7.53. The van der Waals surface area contributed by atoms with Crippen LogP contribution in [0.3, 0.4) is 0 Å². The molecule has 1 unspecified atom stereocenters. The van der Waals surface area contributed by atoms with Crippen LogP contribution in [0.5, 0.6) is 5.75 Å². The second-order valence-electron chi connectivity index (χ2n) is 5.39. The van der Waals surface area contributed by atoms with Crippen molar-refractivity contribution >= 4 is 5.78 Å². The first kappa shape index (κ1) is 16.6. The Morgan fingerprint density at radius 1 is 1.35 bits per heavy atom. The van der Waals surface area contributed by atoms with Crippen molar-refractivity contribution in [2.45, 2.75) is 40.0 Å². The lowest BCUT2D eigenvalue weighted by atomic mass is 9.87. The zero-order valence-electron chi connectivity index (χ0n) is 12.8. The zero-order chi connectivity index (χ0) is 15.0. The third-order valence-corrected chi connectivity index (χ3v) is 3.57. The Balaban J connectivity index is 2.59. The standard InChI is InChI=1S/C16H26N2O2/c1-4-20-15-9-14(10-18-11-15)16(19)6-5-13(7-8-17)12(2)3/h9-13H,4-8,17H2,1-3H3. The Morgan fingerprint density at radius 2 is 2.10 bits per heavy atom. The Bertz CT molecular complexity index is 419. The number of nitrogens with two attached hydrogens (primary N) is 1. The van der Waals surface area contributed by atoms with E-state index < -0.39 is 0 Å². The quantitative estimate of drug-likeness (QED) is 0.705. The SMILES string of the molecule is CCOc1cncc(C(=O)CCC(CCN)C(C)C)c1. The molecule has 20 heavy (non-hydrogen) atoms. The summed E-state index contributed by atoms with van der Waals surface area (Å²) in [5.41, 5.74) is 6.26. The first-order chi connectivity index (χ1) is 9.58. The average molecular weight is 278 g/mol. The number of ketones is 1. The molecule has 0 amide bonds. The third-order valence-electron chi connectivity index (χ3n) is 3.57. The van der Waals surface area contributed by atoms with E-state index in [1.807, 2.05) is 6.92 Å². The average Bonchev–Trinajstić information content (AvgIpc) is 2.43. The Kier molecular flexibility index (Phi) is 7.23. The van der Waals surface area contributed by atoms with Crippen LogP contribution in [-0.2, 0) is 0 Å². The van der Waals surface area contributed by atoms with Crippen LogP contribution < -0.4 is 10.5 Å². The van der Waals surface area contributed by atoms with E-state index in [2.05, 4.69) is 18.8 Å². The van der Waals surface area contributed by atoms with E-state index in [4.69, 9.17) is 10.5 Å². The fourth-order valence-corrected chi connectivity index (χ4v) is 2.30. The van der Waals surface area contributed by atoms with E-state index >= 15 is 0 Å². The zero-order valence-corrected chi connectivity index (χ0v) is 12.8. The van der Waals surface area contributed by atoms with E-state index in [1.165, 1.54) is 0 Å². The molecule has 1 heterocycles. The summed E-state index contributed by atoms with van der Waals surface area (Å²) in [7, 11) is 0. The maximum absolute atomic E-state index is 12.2. The second-order valence-corrected chi connectivity index (χ2v) is 5.39. The van der Waals surface area contributed by atoms with Crippen LogP contribution in [0.25, 0.3) is 0 Å². The normalized spacial score (nSPS) is 12.4. The minimum Gasteiger partial charge on any atom is -0.492 e. The third kappa shape index (κ3) is 5.29. The lowest BCUT2D eigenvalue weighted by Crippen LogP contribution is -2.16. The molecular weight excluding hydrogens is 252 g/mol. The molecule has 0 saturated carbocycles. The lowest BCUT2D eigenvalue weighted by Gasteiger charge is -2.19. The van der Waals surface area contributed by atoms with Crippen molar-refractivity contribution in [3.05, 3.63) is 24.0 Å². The van der Waals surface area contributed by atoms with Gasteiger partial charge in [0.1, 0.15) is 5.75 Å². The second kappa shape index (κ2) is 8.69. The van der Waals surface area contributed by atoms with Crippen molar-refractivity contribution in [1.29, 1.82) is 0 Å². The Labute approximate surface area is 121 Å². The molecule has 0 aliphatic carbocycles. The molecule has 0 spiro atoms. The lowest BCUT2D eigenvalue weighted by molar-refractivity contribution is 0.0968. The van der Waals surface area contributed by atoms with Crippen molar-refractivity contribution in [3.8, 4) is 5.75 Å². The summed E-state index contributed by atoms with van der Waals surface area (Å²) in [5.74, 6) is 1.84. The van der Waals surface area contributed by atoms with Gasteiger partial charge in [-0.2, -0.15) is 0 Å². The number of aromatic nitrogens is 1. The van der Waals surface area contributed by atoms with Crippen LogP contribution in [-0.4, -0.2) is 23.9 Å². The highest BCUT2D eigenvalue weighted by Crippen LogP contribution is 2.22. The topological polar surface area (TPSA) is 65.2 Å². The maximum Gasteiger partial charge on any atom is 0.164 e. The fourth-order valence-electron chi connectivity index (χ4n) is 2.30.